The van der Waals surface area contributed by atoms with Gasteiger partial charge in [-0.05, 0) is 45.1 Å². The average molecular weight is 277 g/mol. The molecule has 0 unspecified atom stereocenters. The number of hydrogen-bond acceptors (Lipinski definition) is 3. The molecule has 0 aliphatic heterocycles. The van der Waals surface area contributed by atoms with Crippen molar-refractivity contribution in [3.8, 4) is 0 Å². The minimum absolute atomic E-state index is 0.1000. The lowest BCUT2D eigenvalue weighted by molar-refractivity contribution is -0.118. The van der Waals surface area contributed by atoms with Crippen molar-refractivity contribution in [2.45, 2.75) is 20.3 Å². The Balaban J connectivity index is 2.96. The van der Waals surface area contributed by atoms with E-state index in [1.54, 1.807) is 4.90 Å². The van der Waals surface area contributed by atoms with Crippen LogP contribution in [0.1, 0.15) is 18.9 Å². The quantitative estimate of drug-likeness (QED) is 0.798. The van der Waals surface area contributed by atoms with Crippen molar-refractivity contribution in [3.63, 3.8) is 0 Å². The fourth-order valence-electron chi connectivity index (χ4n) is 2.19. The summed E-state index contributed by atoms with van der Waals surface area (Å²) in [5, 5.41) is 0. The molecule has 0 heterocycles. The maximum absolute atomic E-state index is 12.1. The lowest BCUT2D eigenvalue weighted by Gasteiger charge is -2.25. The van der Waals surface area contributed by atoms with Gasteiger partial charge in [0, 0.05) is 32.0 Å². The van der Waals surface area contributed by atoms with Crippen molar-refractivity contribution in [3.05, 3.63) is 23.8 Å². The summed E-state index contributed by atoms with van der Waals surface area (Å²) >= 11 is 0. The SMILES string of the molecule is CCCN(C)c1cc(N(C)C(=O)CN(C)C)ccc1C. The molecular formula is C16H27N3O. The van der Waals surface area contributed by atoms with Crippen LogP contribution < -0.4 is 9.80 Å². The van der Waals surface area contributed by atoms with Crippen LogP contribution in [0.15, 0.2) is 18.2 Å². The first-order valence-corrected chi connectivity index (χ1v) is 7.09. The molecule has 0 fully saturated rings. The smallest absolute Gasteiger partial charge is 0.240 e. The molecule has 0 aliphatic rings. The normalized spacial score (nSPS) is 10.8. The van der Waals surface area contributed by atoms with Gasteiger partial charge in [-0.25, -0.2) is 0 Å². The van der Waals surface area contributed by atoms with Gasteiger partial charge in [0.15, 0.2) is 0 Å². The molecule has 20 heavy (non-hydrogen) atoms. The van der Waals surface area contributed by atoms with E-state index >= 15 is 0 Å². The Labute approximate surface area is 123 Å². The number of likely N-dealkylation sites (N-methyl/N-ethyl adjacent to an activating group) is 2. The largest absolute Gasteiger partial charge is 0.374 e. The maximum Gasteiger partial charge on any atom is 0.240 e. The molecule has 0 saturated heterocycles. The van der Waals surface area contributed by atoms with Crippen LogP contribution in [0.5, 0.6) is 0 Å². The molecule has 1 rings (SSSR count). The lowest BCUT2D eigenvalue weighted by atomic mass is 10.1. The number of aryl methyl sites for hydroxylation is 1. The van der Waals surface area contributed by atoms with Gasteiger partial charge < -0.3 is 14.7 Å². The highest BCUT2D eigenvalue weighted by Crippen LogP contribution is 2.25. The highest BCUT2D eigenvalue weighted by molar-refractivity contribution is 5.94. The Hall–Kier alpha value is -1.55. The van der Waals surface area contributed by atoms with Crippen LogP contribution in [0.4, 0.5) is 11.4 Å². The zero-order valence-corrected chi connectivity index (χ0v) is 13.6. The van der Waals surface area contributed by atoms with Crippen LogP contribution >= 0.6 is 0 Å². The summed E-state index contributed by atoms with van der Waals surface area (Å²) in [6.45, 7) is 5.71. The summed E-state index contributed by atoms with van der Waals surface area (Å²) in [5.41, 5.74) is 3.37. The van der Waals surface area contributed by atoms with E-state index in [4.69, 9.17) is 0 Å². The molecule has 0 N–H and O–H groups in total. The van der Waals surface area contributed by atoms with Gasteiger partial charge in [-0.15, -0.1) is 0 Å². The van der Waals surface area contributed by atoms with Gasteiger partial charge in [0.05, 0.1) is 6.54 Å². The van der Waals surface area contributed by atoms with Crippen LogP contribution in [0, 0.1) is 6.92 Å². The number of carbonyl (C=O) groups excluding carboxylic acids is 1. The van der Waals surface area contributed by atoms with Gasteiger partial charge in [0.2, 0.25) is 5.91 Å². The van der Waals surface area contributed by atoms with Gasteiger partial charge in [-0.1, -0.05) is 13.0 Å². The molecule has 112 valence electrons. The summed E-state index contributed by atoms with van der Waals surface area (Å²) in [5.74, 6) is 0.1000. The minimum Gasteiger partial charge on any atom is -0.374 e. The number of rotatable bonds is 6. The third kappa shape index (κ3) is 4.23. The summed E-state index contributed by atoms with van der Waals surface area (Å²) < 4.78 is 0. The number of amides is 1. The average Bonchev–Trinajstić information content (AvgIpc) is 2.37. The molecule has 0 spiro atoms. The number of carbonyl (C=O) groups is 1. The minimum atomic E-state index is 0.1000. The predicted molar refractivity (Wildman–Crippen MR) is 86.7 cm³/mol. The van der Waals surface area contributed by atoms with Crippen LogP contribution in [0.2, 0.25) is 0 Å². The Bertz CT molecular complexity index is 457. The van der Waals surface area contributed by atoms with E-state index in [9.17, 15) is 4.79 Å². The molecule has 0 atom stereocenters. The highest BCUT2D eigenvalue weighted by atomic mass is 16.2. The number of hydrogen-bond donors (Lipinski definition) is 0. The van der Waals surface area contributed by atoms with E-state index in [1.165, 1.54) is 11.3 Å². The van der Waals surface area contributed by atoms with Gasteiger partial charge >= 0.3 is 0 Å². The molecule has 0 aromatic heterocycles. The van der Waals surface area contributed by atoms with Crippen molar-refractivity contribution in [2.75, 3.05) is 51.1 Å². The topological polar surface area (TPSA) is 26.8 Å². The second-order valence-electron chi connectivity index (χ2n) is 5.58. The van der Waals surface area contributed by atoms with Crippen LogP contribution in [-0.2, 0) is 4.79 Å². The first kappa shape index (κ1) is 16.5. The fraction of sp³-hybridized carbons (Fsp3) is 0.562. The zero-order chi connectivity index (χ0) is 15.3. The number of benzene rings is 1. The molecule has 1 amide bonds. The monoisotopic (exact) mass is 277 g/mol. The number of anilines is 2. The van der Waals surface area contributed by atoms with Crippen LogP contribution in [0.25, 0.3) is 0 Å². The zero-order valence-electron chi connectivity index (χ0n) is 13.6. The predicted octanol–water partition coefficient (Wildman–Crippen LogP) is 2.37. The van der Waals surface area contributed by atoms with E-state index in [0.717, 1.165) is 18.7 Å². The summed E-state index contributed by atoms with van der Waals surface area (Å²) in [4.78, 5) is 18.0. The Morgan fingerprint density at radius 3 is 2.35 bits per heavy atom. The molecule has 0 saturated carbocycles. The summed E-state index contributed by atoms with van der Waals surface area (Å²) in [6.07, 6.45) is 1.11. The Kier molecular flexibility index (Phi) is 6.02. The molecule has 0 aliphatic carbocycles. The molecule has 0 bridgehead atoms. The van der Waals surface area contributed by atoms with E-state index in [0.29, 0.717) is 6.54 Å². The molecule has 4 heteroatoms. The van der Waals surface area contributed by atoms with Crippen LogP contribution in [0.3, 0.4) is 0 Å². The van der Waals surface area contributed by atoms with E-state index in [-0.39, 0.29) is 5.91 Å². The third-order valence-electron chi connectivity index (χ3n) is 3.38. The van der Waals surface area contributed by atoms with Crippen molar-refractivity contribution in [1.82, 2.24) is 4.90 Å². The molecule has 0 radical (unpaired) electrons. The van der Waals surface area contributed by atoms with E-state index in [2.05, 4.69) is 37.9 Å². The molecule has 1 aromatic rings. The van der Waals surface area contributed by atoms with Crippen molar-refractivity contribution < 1.29 is 4.79 Å². The van der Waals surface area contributed by atoms with Crippen molar-refractivity contribution in [1.29, 1.82) is 0 Å². The summed E-state index contributed by atoms with van der Waals surface area (Å²) in [6, 6.07) is 6.18. The van der Waals surface area contributed by atoms with Gasteiger partial charge in [0.1, 0.15) is 0 Å². The second kappa shape index (κ2) is 7.29. The van der Waals surface area contributed by atoms with Gasteiger partial charge in [-0.3, -0.25) is 4.79 Å². The van der Waals surface area contributed by atoms with Gasteiger partial charge in [0.25, 0.3) is 0 Å². The molecular weight excluding hydrogens is 250 g/mol. The van der Waals surface area contributed by atoms with Crippen molar-refractivity contribution >= 4 is 17.3 Å². The molecule has 4 nitrogen and oxygen atoms in total. The third-order valence-corrected chi connectivity index (χ3v) is 3.38. The summed E-state index contributed by atoms with van der Waals surface area (Å²) in [7, 11) is 7.74. The first-order valence-electron chi connectivity index (χ1n) is 7.09. The fourth-order valence-corrected chi connectivity index (χ4v) is 2.19. The van der Waals surface area contributed by atoms with E-state index in [1.807, 2.05) is 32.1 Å². The van der Waals surface area contributed by atoms with E-state index < -0.39 is 0 Å². The lowest BCUT2D eigenvalue weighted by Crippen LogP contribution is -2.35. The maximum atomic E-state index is 12.1. The standard InChI is InChI=1S/C16H27N3O/c1-7-10-18(5)15-11-14(9-8-13(15)2)19(6)16(20)12-17(3)4/h8-9,11H,7,10,12H2,1-6H3. The number of nitrogens with zero attached hydrogens (tertiary/aromatic N) is 3. The van der Waals surface area contributed by atoms with Crippen LogP contribution in [-0.4, -0.2) is 52.1 Å². The first-order chi connectivity index (χ1) is 9.36. The van der Waals surface area contributed by atoms with Crippen molar-refractivity contribution in [2.24, 2.45) is 0 Å². The molecule has 1 aromatic carbocycles. The second-order valence-corrected chi connectivity index (χ2v) is 5.58. The Morgan fingerprint density at radius 2 is 1.80 bits per heavy atom. The van der Waals surface area contributed by atoms with Gasteiger partial charge in [-0.2, -0.15) is 0 Å². The highest BCUT2D eigenvalue weighted by Gasteiger charge is 2.14. The Morgan fingerprint density at radius 1 is 1.15 bits per heavy atom.